The fraction of sp³-hybridized carbons (Fsp3) is 0.667. The van der Waals surface area contributed by atoms with Crippen molar-refractivity contribution in [2.24, 2.45) is 17.2 Å². The van der Waals surface area contributed by atoms with Gasteiger partial charge in [-0.25, -0.2) is 4.79 Å². The van der Waals surface area contributed by atoms with E-state index in [9.17, 15) is 19.2 Å². The SMILES string of the molecule is NCCCC[C@H](NC(=O)[C@H](CC(N)=O)NC(=O)CN)C(=O)O. The number of rotatable bonds is 11. The van der Waals surface area contributed by atoms with Crippen molar-refractivity contribution >= 4 is 23.7 Å². The molecule has 0 aliphatic heterocycles. The predicted molar refractivity (Wildman–Crippen MR) is 77.3 cm³/mol. The average Bonchev–Trinajstić information content (AvgIpc) is 2.44. The van der Waals surface area contributed by atoms with Crippen LogP contribution in [0.15, 0.2) is 0 Å². The molecule has 9 N–H and O–H groups in total. The van der Waals surface area contributed by atoms with Crippen LogP contribution < -0.4 is 27.8 Å². The smallest absolute Gasteiger partial charge is 0.326 e. The predicted octanol–water partition coefficient (Wildman–Crippen LogP) is -3.00. The molecular weight excluding hydrogens is 294 g/mol. The van der Waals surface area contributed by atoms with Crippen LogP contribution in [0.1, 0.15) is 25.7 Å². The first-order chi connectivity index (χ1) is 10.3. The largest absolute Gasteiger partial charge is 0.480 e. The van der Waals surface area contributed by atoms with Gasteiger partial charge in [-0.3, -0.25) is 14.4 Å². The molecule has 0 aromatic heterocycles. The molecule has 0 unspecified atom stereocenters. The molecule has 0 spiro atoms. The first-order valence-corrected chi connectivity index (χ1v) is 6.82. The minimum absolute atomic E-state index is 0.187. The van der Waals surface area contributed by atoms with Crippen LogP contribution in [0.4, 0.5) is 0 Å². The van der Waals surface area contributed by atoms with Crippen molar-refractivity contribution in [3.8, 4) is 0 Å². The summed E-state index contributed by atoms with van der Waals surface area (Å²) in [4.78, 5) is 45.3. The number of hydrogen-bond donors (Lipinski definition) is 6. The number of nitrogens with two attached hydrogens (primary N) is 3. The lowest BCUT2D eigenvalue weighted by atomic mass is 10.1. The van der Waals surface area contributed by atoms with Gasteiger partial charge in [0.05, 0.1) is 13.0 Å². The molecule has 2 atom stereocenters. The number of carbonyl (C=O) groups excluding carboxylic acids is 3. The van der Waals surface area contributed by atoms with E-state index in [2.05, 4.69) is 10.6 Å². The van der Waals surface area contributed by atoms with Crippen molar-refractivity contribution in [1.29, 1.82) is 0 Å². The van der Waals surface area contributed by atoms with Crippen molar-refractivity contribution in [3.05, 3.63) is 0 Å². The third kappa shape index (κ3) is 8.17. The molecule has 0 radical (unpaired) electrons. The van der Waals surface area contributed by atoms with E-state index in [0.717, 1.165) is 0 Å². The van der Waals surface area contributed by atoms with E-state index >= 15 is 0 Å². The molecule has 10 nitrogen and oxygen atoms in total. The number of primary amides is 1. The Balaban J connectivity index is 4.76. The molecule has 10 heteroatoms. The first kappa shape index (κ1) is 19.8. The monoisotopic (exact) mass is 317 g/mol. The molecule has 0 aliphatic rings. The van der Waals surface area contributed by atoms with Gasteiger partial charge in [0.1, 0.15) is 12.1 Å². The Morgan fingerprint density at radius 2 is 1.64 bits per heavy atom. The van der Waals surface area contributed by atoms with E-state index in [0.29, 0.717) is 19.4 Å². The minimum atomic E-state index is -1.26. The first-order valence-electron chi connectivity index (χ1n) is 6.82. The summed E-state index contributed by atoms with van der Waals surface area (Å²) in [5.74, 6) is -3.49. The second-order valence-corrected chi connectivity index (χ2v) is 4.68. The van der Waals surface area contributed by atoms with Crippen LogP contribution in [-0.2, 0) is 19.2 Å². The molecular formula is C12H23N5O5. The summed E-state index contributed by atoms with van der Waals surface area (Å²) in [6, 6.07) is -2.39. The van der Waals surface area contributed by atoms with Crippen molar-refractivity contribution in [3.63, 3.8) is 0 Å². The highest BCUT2D eigenvalue weighted by molar-refractivity contribution is 5.93. The van der Waals surface area contributed by atoms with Crippen LogP contribution in [0.5, 0.6) is 0 Å². The van der Waals surface area contributed by atoms with Crippen LogP contribution in [-0.4, -0.2) is 54.0 Å². The molecule has 0 rings (SSSR count). The van der Waals surface area contributed by atoms with Crippen LogP contribution in [0.2, 0.25) is 0 Å². The zero-order chi connectivity index (χ0) is 17.1. The van der Waals surface area contributed by atoms with Gasteiger partial charge in [-0.2, -0.15) is 0 Å². The fourth-order valence-electron chi connectivity index (χ4n) is 1.69. The number of nitrogens with one attached hydrogen (secondary N) is 2. The van der Waals surface area contributed by atoms with Gasteiger partial charge in [-0.15, -0.1) is 0 Å². The molecule has 0 heterocycles. The van der Waals surface area contributed by atoms with Crippen molar-refractivity contribution in [1.82, 2.24) is 10.6 Å². The maximum atomic E-state index is 12.0. The fourth-order valence-corrected chi connectivity index (χ4v) is 1.69. The Kier molecular flexibility index (Phi) is 9.46. The van der Waals surface area contributed by atoms with Gasteiger partial charge in [0.25, 0.3) is 0 Å². The summed E-state index contributed by atoms with van der Waals surface area (Å²) < 4.78 is 0. The van der Waals surface area contributed by atoms with Gasteiger partial charge in [0.15, 0.2) is 0 Å². The van der Waals surface area contributed by atoms with Crippen LogP contribution in [0, 0.1) is 0 Å². The number of amides is 3. The van der Waals surface area contributed by atoms with E-state index in [4.69, 9.17) is 22.3 Å². The van der Waals surface area contributed by atoms with Crippen LogP contribution in [0.25, 0.3) is 0 Å². The number of carboxylic acids is 1. The minimum Gasteiger partial charge on any atom is -0.480 e. The lowest BCUT2D eigenvalue weighted by molar-refractivity contribution is -0.142. The molecule has 0 saturated heterocycles. The second-order valence-electron chi connectivity index (χ2n) is 4.68. The number of aliphatic carboxylic acids is 1. The number of unbranched alkanes of at least 4 members (excludes halogenated alkanes) is 1. The summed E-state index contributed by atoms with van der Waals surface area (Å²) in [6.45, 7) is 0.0402. The van der Waals surface area contributed by atoms with Crippen LogP contribution >= 0.6 is 0 Å². The summed E-state index contributed by atoms with van der Waals surface area (Å²) >= 11 is 0. The average molecular weight is 317 g/mol. The van der Waals surface area contributed by atoms with E-state index in [1.807, 2.05) is 0 Å². The summed E-state index contributed by atoms with van der Waals surface area (Å²) in [7, 11) is 0. The molecule has 0 saturated carbocycles. The highest BCUT2D eigenvalue weighted by Crippen LogP contribution is 2.02. The van der Waals surface area contributed by atoms with Gasteiger partial charge in [-0.05, 0) is 25.8 Å². The summed E-state index contributed by atoms with van der Waals surface area (Å²) in [5.41, 5.74) is 15.4. The van der Waals surface area contributed by atoms with E-state index in [1.165, 1.54) is 0 Å². The van der Waals surface area contributed by atoms with E-state index < -0.39 is 42.2 Å². The number of carbonyl (C=O) groups is 4. The normalized spacial score (nSPS) is 13.0. The quantitative estimate of drug-likeness (QED) is 0.219. The van der Waals surface area contributed by atoms with Crippen molar-refractivity contribution in [2.75, 3.05) is 13.1 Å². The molecule has 0 aromatic rings. The maximum Gasteiger partial charge on any atom is 0.326 e. The van der Waals surface area contributed by atoms with Crippen molar-refractivity contribution < 1.29 is 24.3 Å². The molecule has 126 valence electrons. The highest BCUT2D eigenvalue weighted by atomic mass is 16.4. The number of carboxylic acid groups (broad SMARTS) is 1. The number of hydrogen-bond acceptors (Lipinski definition) is 6. The molecule has 0 aromatic carbocycles. The van der Waals surface area contributed by atoms with Gasteiger partial charge < -0.3 is 32.9 Å². The topological polar surface area (TPSA) is 191 Å². The molecule has 0 bridgehead atoms. The Morgan fingerprint density at radius 3 is 2.09 bits per heavy atom. The third-order valence-electron chi connectivity index (χ3n) is 2.80. The molecule has 3 amide bonds. The Labute approximate surface area is 127 Å². The lowest BCUT2D eigenvalue weighted by Gasteiger charge is -2.20. The molecule has 22 heavy (non-hydrogen) atoms. The lowest BCUT2D eigenvalue weighted by Crippen LogP contribution is -2.53. The molecule has 0 aliphatic carbocycles. The van der Waals surface area contributed by atoms with E-state index in [1.54, 1.807) is 0 Å². The van der Waals surface area contributed by atoms with E-state index in [-0.39, 0.29) is 13.0 Å². The summed E-state index contributed by atoms with van der Waals surface area (Å²) in [6.07, 6.45) is 0.872. The Morgan fingerprint density at radius 1 is 1.00 bits per heavy atom. The Hall–Kier alpha value is -2.20. The maximum absolute atomic E-state index is 12.0. The zero-order valence-corrected chi connectivity index (χ0v) is 12.2. The van der Waals surface area contributed by atoms with Gasteiger partial charge in [0.2, 0.25) is 17.7 Å². The standard InChI is InChI=1S/C12H23N5O5/c13-4-2-1-3-7(12(21)22)17-11(20)8(5-9(15)18)16-10(19)6-14/h7-8H,1-6,13-14H2,(H2,15,18)(H,16,19)(H,17,20)(H,21,22)/t7-,8-/m0/s1. The Bertz CT molecular complexity index is 415. The molecule has 0 fully saturated rings. The van der Waals surface area contributed by atoms with Gasteiger partial charge >= 0.3 is 5.97 Å². The third-order valence-corrected chi connectivity index (χ3v) is 2.80. The second kappa shape index (κ2) is 10.5. The van der Waals surface area contributed by atoms with Gasteiger partial charge in [-0.1, -0.05) is 0 Å². The van der Waals surface area contributed by atoms with Gasteiger partial charge in [0, 0.05) is 0 Å². The zero-order valence-electron chi connectivity index (χ0n) is 12.2. The highest BCUT2D eigenvalue weighted by Gasteiger charge is 2.27. The summed E-state index contributed by atoms with van der Waals surface area (Å²) in [5, 5.41) is 13.6. The van der Waals surface area contributed by atoms with Crippen molar-refractivity contribution in [2.45, 2.75) is 37.8 Å². The van der Waals surface area contributed by atoms with Crippen LogP contribution in [0.3, 0.4) is 0 Å².